The molecule has 0 saturated carbocycles. The summed E-state index contributed by atoms with van der Waals surface area (Å²) >= 11 is 0. The highest BCUT2D eigenvalue weighted by Gasteiger charge is 1.99. The van der Waals surface area contributed by atoms with Crippen LogP contribution in [-0.4, -0.2) is 16.1 Å². The number of nitrogens with two attached hydrogens (primary N) is 1. The third-order valence-corrected chi connectivity index (χ3v) is 2.24. The van der Waals surface area contributed by atoms with Gasteiger partial charge in [-0.2, -0.15) is 0 Å². The standard InChI is InChI=1S/C14H10N2O2.ClH/c15-13-3-1-2-12(16-13)9-6-10-4-7-11(8-5-10)14(17)18;/h1-5,7-8H,(H2,15,16)(H,17,18);1H. The number of carboxylic acids is 1. The van der Waals surface area contributed by atoms with Crippen molar-refractivity contribution in [2.45, 2.75) is 0 Å². The van der Waals surface area contributed by atoms with Crippen LogP contribution in [0.15, 0.2) is 42.5 Å². The van der Waals surface area contributed by atoms with E-state index < -0.39 is 5.97 Å². The third kappa shape index (κ3) is 4.02. The van der Waals surface area contributed by atoms with E-state index in [1.807, 2.05) is 0 Å². The third-order valence-electron chi connectivity index (χ3n) is 2.24. The van der Waals surface area contributed by atoms with Crippen LogP contribution in [0.4, 0.5) is 5.82 Å². The molecule has 0 fully saturated rings. The molecule has 2 aromatic rings. The molecule has 5 heteroatoms. The first kappa shape index (κ1) is 14.6. The maximum absolute atomic E-state index is 10.7. The number of hydrogen-bond donors (Lipinski definition) is 2. The summed E-state index contributed by atoms with van der Waals surface area (Å²) in [5.74, 6) is 5.22. The molecule has 0 aliphatic rings. The monoisotopic (exact) mass is 274 g/mol. The molecule has 0 aliphatic heterocycles. The number of benzene rings is 1. The number of hydrogen-bond acceptors (Lipinski definition) is 3. The van der Waals surface area contributed by atoms with Gasteiger partial charge in [0.05, 0.1) is 5.56 Å². The summed E-state index contributed by atoms with van der Waals surface area (Å²) in [5.41, 5.74) is 7.08. The van der Waals surface area contributed by atoms with E-state index in [2.05, 4.69) is 16.8 Å². The molecule has 3 N–H and O–H groups in total. The van der Waals surface area contributed by atoms with E-state index in [4.69, 9.17) is 10.8 Å². The van der Waals surface area contributed by atoms with Gasteiger partial charge in [-0.15, -0.1) is 12.4 Å². The van der Waals surface area contributed by atoms with Crippen LogP contribution in [0, 0.1) is 11.8 Å². The number of anilines is 1. The molecule has 0 spiro atoms. The molecular formula is C14H11ClN2O2. The molecular weight excluding hydrogens is 264 g/mol. The molecule has 1 aromatic carbocycles. The molecule has 0 unspecified atom stereocenters. The Kier molecular flexibility index (Phi) is 4.92. The number of carbonyl (C=O) groups is 1. The summed E-state index contributed by atoms with van der Waals surface area (Å²) in [5, 5.41) is 8.75. The van der Waals surface area contributed by atoms with Gasteiger partial charge in [0.25, 0.3) is 0 Å². The Labute approximate surface area is 116 Å². The van der Waals surface area contributed by atoms with Gasteiger partial charge in [0.15, 0.2) is 0 Å². The lowest BCUT2D eigenvalue weighted by molar-refractivity contribution is 0.0697. The number of halogens is 1. The van der Waals surface area contributed by atoms with Gasteiger partial charge in [-0.25, -0.2) is 9.78 Å². The zero-order valence-electron chi connectivity index (χ0n) is 9.83. The summed E-state index contributed by atoms with van der Waals surface area (Å²) in [6.07, 6.45) is 0. The lowest BCUT2D eigenvalue weighted by Crippen LogP contribution is -1.95. The normalized spacial score (nSPS) is 8.84. The highest BCUT2D eigenvalue weighted by Crippen LogP contribution is 2.04. The molecule has 0 amide bonds. The number of aromatic carboxylic acids is 1. The van der Waals surface area contributed by atoms with Gasteiger partial charge < -0.3 is 10.8 Å². The summed E-state index contributed by atoms with van der Waals surface area (Å²) in [6.45, 7) is 0. The molecule has 19 heavy (non-hydrogen) atoms. The van der Waals surface area contributed by atoms with E-state index >= 15 is 0 Å². The molecule has 0 radical (unpaired) electrons. The summed E-state index contributed by atoms with van der Waals surface area (Å²) in [7, 11) is 0. The lowest BCUT2D eigenvalue weighted by Gasteiger charge is -1.94. The van der Waals surface area contributed by atoms with Crippen LogP contribution in [-0.2, 0) is 0 Å². The molecule has 96 valence electrons. The largest absolute Gasteiger partial charge is 0.478 e. The molecule has 1 aromatic heterocycles. The number of nitrogen functional groups attached to an aromatic ring is 1. The van der Waals surface area contributed by atoms with E-state index in [0.717, 1.165) is 5.56 Å². The summed E-state index contributed by atoms with van der Waals surface area (Å²) in [6, 6.07) is 11.6. The zero-order chi connectivity index (χ0) is 13.0. The van der Waals surface area contributed by atoms with Crippen molar-refractivity contribution in [2.24, 2.45) is 0 Å². The molecule has 0 bridgehead atoms. The molecule has 2 rings (SSSR count). The Balaban J connectivity index is 0.00000180. The number of aromatic nitrogens is 1. The van der Waals surface area contributed by atoms with Gasteiger partial charge in [-0.05, 0) is 42.3 Å². The van der Waals surface area contributed by atoms with Crippen LogP contribution in [0.1, 0.15) is 21.6 Å². The van der Waals surface area contributed by atoms with Crippen LogP contribution in [0.3, 0.4) is 0 Å². The van der Waals surface area contributed by atoms with Crippen LogP contribution in [0.25, 0.3) is 0 Å². The summed E-state index contributed by atoms with van der Waals surface area (Å²) < 4.78 is 0. The van der Waals surface area contributed by atoms with Gasteiger partial charge in [0.2, 0.25) is 0 Å². The Bertz CT molecular complexity index is 642. The van der Waals surface area contributed by atoms with Gasteiger partial charge >= 0.3 is 5.97 Å². The van der Waals surface area contributed by atoms with Gasteiger partial charge in [-0.3, -0.25) is 0 Å². The van der Waals surface area contributed by atoms with Crippen molar-refractivity contribution in [2.75, 3.05) is 5.73 Å². The van der Waals surface area contributed by atoms with Gasteiger partial charge in [-0.1, -0.05) is 12.0 Å². The van der Waals surface area contributed by atoms with E-state index in [1.165, 1.54) is 12.1 Å². The van der Waals surface area contributed by atoms with Crippen molar-refractivity contribution in [1.82, 2.24) is 4.98 Å². The predicted molar refractivity (Wildman–Crippen MR) is 75.3 cm³/mol. The molecule has 0 aliphatic carbocycles. The highest BCUT2D eigenvalue weighted by molar-refractivity contribution is 5.87. The minimum atomic E-state index is -0.952. The molecule has 1 heterocycles. The van der Waals surface area contributed by atoms with Gasteiger partial charge in [0, 0.05) is 5.56 Å². The SMILES string of the molecule is Cl.Nc1cccc(C#Cc2ccc(C(=O)O)cc2)n1. The maximum atomic E-state index is 10.7. The first-order chi connectivity index (χ1) is 8.65. The van der Waals surface area contributed by atoms with E-state index in [9.17, 15) is 4.79 Å². The number of pyridine rings is 1. The average Bonchev–Trinajstić information content (AvgIpc) is 2.37. The Morgan fingerprint density at radius 1 is 1.11 bits per heavy atom. The first-order valence-corrected chi connectivity index (χ1v) is 5.23. The van der Waals surface area contributed by atoms with Crippen molar-refractivity contribution in [3.05, 3.63) is 59.3 Å². The van der Waals surface area contributed by atoms with Crippen molar-refractivity contribution in [3.63, 3.8) is 0 Å². The molecule has 4 nitrogen and oxygen atoms in total. The number of nitrogens with zero attached hydrogens (tertiary/aromatic N) is 1. The number of carboxylic acid groups (broad SMARTS) is 1. The second-order valence-corrected chi connectivity index (χ2v) is 3.58. The molecule has 0 saturated heterocycles. The topological polar surface area (TPSA) is 76.2 Å². The van der Waals surface area contributed by atoms with E-state index in [0.29, 0.717) is 11.5 Å². The van der Waals surface area contributed by atoms with Crippen molar-refractivity contribution in [3.8, 4) is 11.8 Å². The Hall–Kier alpha value is -2.51. The van der Waals surface area contributed by atoms with E-state index in [1.54, 1.807) is 30.3 Å². The fourth-order valence-electron chi connectivity index (χ4n) is 1.35. The molecule has 0 atom stereocenters. The first-order valence-electron chi connectivity index (χ1n) is 5.23. The second-order valence-electron chi connectivity index (χ2n) is 3.58. The fraction of sp³-hybridized carbons (Fsp3) is 0. The van der Waals surface area contributed by atoms with Crippen molar-refractivity contribution in [1.29, 1.82) is 0 Å². The Morgan fingerprint density at radius 3 is 2.37 bits per heavy atom. The highest BCUT2D eigenvalue weighted by atomic mass is 35.5. The fourth-order valence-corrected chi connectivity index (χ4v) is 1.35. The summed E-state index contributed by atoms with van der Waals surface area (Å²) in [4.78, 5) is 14.7. The van der Waals surface area contributed by atoms with Gasteiger partial charge in [0.1, 0.15) is 11.5 Å². The van der Waals surface area contributed by atoms with Crippen LogP contribution in [0.5, 0.6) is 0 Å². The minimum absolute atomic E-state index is 0. The van der Waals surface area contributed by atoms with Crippen molar-refractivity contribution < 1.29 is 9.90 Å². The Morgan fingerprint density at radius 2 is 1.79 bits per heavy atom. The lowest BCUT2D eigenvalue weighted by atomic mass is 10.1. The zero-order valence-corrected chi connectivity index (χ0v) is 10.6. The smallest absolute Gasteiger partial charge is 0.335 e. The quantitative estimate of drug-likeness (QED) is 0.782. The van der Waals surface area contributed by atoms with Crippen LogP contribution < -0.4 is 5.73 Å². The minimum Gasteiger partial charge on any atom is -0.478 e. The second kappa shape index (κ2) is 6.43. The average molecular weight is 275 g/mol. The van der Waals surface area contributed by atoms with Crippen LogP contribution in [0.2, 0.25) is 0 Å². The van der Waals surface area contributed by atoms with E-state index in [-0.39, 0.29) is 18.0 Å². The van der Waals surface area contributed by atoms with Crippen LogP contribution >= 0.6 is 12.4 Å². The van der Waals surface area contributed by atoms with Crippen molar-refractivity contribution >= 4 is 24.2 Å². The predicted octanol–water partition coefficient (Wildman–Crippen LogP) is 2.18. The maximum Gasteiger partial charge on any atom is 0.335 e. The number of rotatable bonds is 1.